The second-order valence-corrected chi connectivity index (χ2v) is 5.16. The van der Waals surface area contributed by atoms with Gasteiger partial charge < -0.3 is 10.1 Å². The number of ether oxygens (including phenoxy) is 1. The summed E-state index contributed by atoms with van der Waals surface area (Å²) in [6.45, 7) is 1.07. The molecule has 2 aromatic rings. The molecule has 6 heteroatoms. The van der Waals surface area contributed by atoms with Crippen molar-refractivity contribution in [3.63, 3.8) is 0 Å². The highest BCUT2D eigenvalue weighted by atomic mass is 19.4. The lowest BCUT2D eigenvalue weighted by molar-refractivity contribution is -0.141. The molecular formula is C16H15F3N2O. The van der Waals surface area contributed by atoms with Crippen molar-refractivity contribution in [1.82, 2.24) is 10.3 Å². The zero-order valence-electron chi connectivity index (χ0n) is 11.9. The van der Waals surface area contributed by atoms with Crippen LogP contribution in [-0.4, -0.2) is 18.6 Å². The molecule has 1 aliphatic rings. The first-order valence-electron chi connectivity index (χ1n) is 6.92. The quantitative estimate of drug-likeness (QED) is 0.941. The van der Waals surface area contributed by atoms with E-state index in [0.29, 0.717) is 18.7 Å². The minimum absolute atomic E-state index is 0.0659. The lowest BCUT2D eigenvalue weighted by Gasteiger charge is -2.12. The van der Waals surface area contributed by atoms with Crippen LogP contribution in [0, 0.1) is 0 Å². The van der Waals surface area contributed by atoms with E-state index in [9.17, 15) is 13.2 Å². The van der Waals surface area contributed by atoms with E-state index >= 15 is 0 Å². The maximum atomic E-state index is 12.8. The molecule has 0 unspecified atom stereocenters. The van der Waals surface area contributed by atoms with Gasteiger partial charge in [0, 0.05) is 12.7 Å². The summed E-state index contributed by atoms with van der Waals surface area (Å²) in [6, 6.07) is 8.30. The molecular weight excluding hydrogens is 293 g/mol. The Labute approximate surface area is 126 Å². The number of hydrogen-bond donors (Lipinski definition) is 1. The number of alkyl halides is 3. The van der Waals surface area contributed by atoms with Gasteiger partial charge in [0.05, 0.1) is 12.7 Å². The molecule has 0 saturated heterocycles. The van der Waals surface area contributed by atoms with E-state index in [1.165, 1.54) is 6.20 Å². The van der Waals surface area contributed by atoms with Crippen molar-refractivity contribution in [3.05, 3.63) is 53.3 Å². The van der Waals surface area contributed by atoms with Crippen molar-refractivity contribution in [2.75, 3.05) is 13.6 Å². The number of pyridine rings is 1. The fraction of sp³-hybridized carbons (Fsp3) is 0.312. The number of nitrogens with zero attached hydrogens (tertiary/aromatic N) is 1. The van der Waals surface area contributed by atoms with Crippen molar-refractivity contribution in [3.8, 4) is 11.1 Å². The van der Waals surface area contributed by atoms with Crippen molar-refractivity contribution < 1.29 is 17.9 Å². The molecule has 3 rings (SSSR count). The molecule has 2 heterocycles. The molecule has 1 N–H and O–H groups in total. The first kappa shape index (κ1) is 15.0. The van der Waals surface area contributed by atoms with Gasteiger partial charge in [-0.1, -0.05) is 18.2 Å². The maximum absolute atomic E-state index is 12.8. The second kappa shape index (κ2) is 5.70. The number of aromatic nitrogens is 1. The van der Waals surface area contributed by atoms with Crippen LogP contribution < -0.4 is 5.32 Å². The monoisotopic (exact) mass is 308 g/mol. The number of nitrogens with one attached hydrogen (secondary N) is 1. The molecule has 0 bridgehead atoms. The van der Waals surface area contributed by atoms with Crippen molar-refractivity contribution in [1.29, 1.82) is 0 Å². The lowest BCUT2D eigenvalue weighted by Crippen LogP contribution is -2.16. The summed E-state index contributed by atoms with van der Waals surface area (Å²) < 4.78 is 44.2. The zero-order chi connectivity index (χ0) is 15.7. The van der Waals surface area contributed by atoms with Gasteiger partial charge >= 0.3 is 6.18 Å². The Kier molecular flexibility index (Phi) is 3.88. The Morgan fingerprint density at radius 2 is 2.14 bits per heavy atom. The highest BCUT2D eigenvalue weighted by Crippen LogP contribution is 2.38. The van der Waals surface area contributed by atoms with Gasteiger partial charge in [-0.3, -0.25) is 4.98 Å². The van der Waals surface area contributed by atoms with Gasteiger partial charge in [-0.25, -0.2) is 0 Å². The van der Waals surface area contributed by atoms with Gasteiger partial charge in [-0.15, -0.1) is 0 Å². The van der Waals surface area contributed by atoms with Gasteiger partial charge in [-0.05, 0) is 41.4 Å². The Morgan fingerprint density at radius 1 is 1.32 bits per heavy atom. The molecule has 1 atom stereocenters. The van der Waals surface area contributed by atoms with Crippen LogP contribution in [0.5, 0.6) is 0 Å². The summed E-state index contributed by atoms with van der Waals surface area (Å²) in [7, 11) is 1.84. The highest BCUT2D eigenvalue weighted by Gasteiger charge is 2.33. The van der Waals surface area contributed by atoms with E-state index < -0.39 is 11.9 Å². The third-order valence-electron chi connectivity index (χ3n) is 3.74. The first-order chi connectivity index (χ1) is 10.5. The Bertz CT molecular complexity index is 685. The molecule has 0 amide bonds. The van der Waals surface area contributed by atoms with E-state index in [1.54, 1.807) is 6.07 Å². The summed E-state index contributed by atoms with van der Waals surface area (Å²) in [5.41, 5.74) is 2.37. The van der Waals surface area contributed by atoms with E-state index in [4.69, 9.17) is 4.74 Å². The maximum Gasteiger partial charge on any atom is 0.433 e. The van der Waals surface area contributed by atoms with Crippen LogP contribution >= 0.6 is 0 Å². The third kappa shape index (κ3) is 2.71. The number of fused-ring (bicyclic) bond motifs is 1. The Morgan fingerprint density at radius 3 is 2.86 bits per heavy atom. The normalized spacial score (nSPS) is 17.5. The second-order valence-electron chi connectivity index (χ2n) is 5.16. The van der Waals surface area contributed by atoms with Crippen LogP contribution in [-0.2, 0) is 17.5 Å². The number of halogens is 3. The van der Waals surface area contributed by atoms with Crippen LogP contribution in [0.3, 0.4) is 0 Å². The molecule has 0 saturated carbocycles. The van der Waals surface area contributed by atoms with E-state index in [1.807, 2.05) is 25.2 Å². The Balaban J connectivity index is 2.04. The lowest BCUT2D eigenvalue weighted by atomic mass is 9.95. The molecule has 116 valence electrons. The predicted molar refractivity (Wildman–Crippen MR) is 76.1 cm³/mol. The van der Waals surface area contributed by atoms with Gasteiger partial charge in [0.1, 0.15) is 5.69 Å². The zero-order valence-corrected chi connectivity index (χ0v) is 11.9. The standard InChI is InChI=1S/C16H15F3N2O/c1-20-8-14-12-4-2-3-11(13(12)9-22-14)10-5-6-21-15(7-10)16(17,18)19/h2-7,14,20H,8-9H2,1H3/t14-/m1/s1. The third-order valence-corrected chi connectivity index (χ3v) is 3.74. The summed E-state index contributed by atoms with van der Waals surface area (Å²) in [4.78, 5) is 3.41. The predicted octanol–water partition coefficient (Wildman–Crippen LogP) is 3.56. The van der Waals surface area contributed by atoms with Crippen LogP contribution in [0.15, 0.2) is 36.5 Å². The molecule has 1 aliphatic heterocycles. The largest absolute Gasteiger partial charge is 0.433 e. The van der Waals surface area contributed by atoms with Gasteiger partial charge in [-0.2, -0.15) is 13.2 Å². The van der Waals surface area contributed by atoms with Crippen LogP contribution in [0.2, 0.25) is 0 Å². The molecule has 1 aromatic heterocycles. The van der Waals surface area contributed by atoms with Gasteiger partial charge in [0.2, 0.25) is 0 Å². The van der Waals surface area contributed by atoms with Crippen molar-refractivity contribution >= 4 is 0 Å². The highest BCUT2D eigenvalue weighted by molar-refractivity contribution is 5.69. The Hall–Kier alpha value is -1.92. The molecule has 1 aromatic carbocycles. The van der Waals surface area contributed by atoms with Gasteiger partial charge in [0.15, 0.2) is 0 Å². The number of hydrogen-bond acceptors (Lipinski definition) is 3. The fourth-order valence-corrected chi connectivity index (χ4v) is 2.72. The molecule has 0 aliphatic carbocycles. The summed E-state index contributed by atoms with van der Waals surface area (Å²) in [5, 5.41) is 3.06. The molecule has 0 radical (unpaired) electrons. The number of rotatable bonds is 3. The van der Waals surface area contributed by atoms with E-state index in [2.05, 4.69) is 10.3 Å². The molecule has 3 nitrogen and oxygen atoms in total. The van der Waals surface area contributed by atoms with Gasteiger partial charge in [0.25, 0.3) is 0 Å². The SMILES string of the molecule is CNC[C@H]1OCc2c(-c3ccnc(C(F)(F)F)c3)cccc21. The minimum Gasteiger partial charge on any atom is -0.367 e. The average Bonchev–Trinajstić information content (AvgIpc) is 2.90. The van der Waals surface area contributed by atoms with E-state index in [0.717, 1.165) is 22.8 Å². The average molecular weight is 308 g/mol. The summed E-state index contributed by atoms with van der Waals surface area (Å²) >= 11 is 0. The van der Waals surface area contributed by atoms with Crippen LogP contribution in [0.25, 0.3) is 11.1 Å². The molecule has 22 heavy (non-hydrogen) atoms. The first-order valence-corrected chi connectivity index (χ1v) is 6.92. The number of benzene rings is 1. The summed E-state index contributed by atoms with van der Waals surface area (Å²) in [5.74, 6) is 0. The molecule has 0 spiro atoms. The van der Waals surface area contributed by atoms with Crippen molar-refractivity contribution in [2.24, 2.45) is 0 Å². The molecule has 0 fully saturated rings. The van der Waals surface area contributed by atoms with Crippen molar-refractivity contribution in [2.45, 2.75) is 18.9 Å². The van der Waals surface area contributed by atoms with E-state index in [-0.39, 0.29) is 6.10 Å². The number of likely N-dealkylation sites (N-methyl/N-ethyl adjacent to an activating group) is 1. The minimum atomic E-state index is -4.45. The van der Waals surface area contributed by atoms with Crippen LogP contribution in [0.1, 0.15) is 22.9 Å². The fourth-order valence-electron chi connectivity index (χ4n) is 2.72. The smallest absolute Gasteiger partial charge is 0.367 e. The van der Waals surface area contributed by atoms with Crippen LogP contribution in [0.4, 0.5) is 13.2 Å². The summed E-state index contributed by atoms with van der Waals surface area (Å²) in [6.07, 6.45) is -3.32. The topological polar surface area (TPSA) is 34.1 Å².